The highest BCUT2D eigenvalue weighted by Crippen LogP contribution is 1.93. The summed E-state index contributed by atoms with van der Waals surface area (Å²) in [5.74, 6) is 0. The molecule has 0 fully saturated rings. The summed E-state index contributed by atoms with van der Waals surface area (Å²) in [6.07, 6.45) is 9.50. The van der Waals surface area contributed by atoms with E-state index in [1.165, 1.54) is 0 Å². The Morgan fingerprint density at radius 1 is 0.889 bits per heavy atom. The van der Waals surface area contributed by atoms with Crippen molar-refractivity contribution in [1.29, 1.82) is 0 Å². The van der Waals surface area contributed by atoms with Crippen molar-refractivity contribution in [2.75, 3.05) is 9.86 Å². The van der Waals surface area contributed by atoms with Crippen molar-refractivity contribution in [3.8, 4) is 0 Å². The molecule has 0 bridgehead atoms. The molecule has 1 rings (SSSR count). The molecule has 0 saturated carbocycles. The van der Waals surface area contributed by atoms with Gasteiger partial charge in [-0.2, -0.15) is 0 Å². The van der Waals surface area contributed by atoms with E-state index < -0.39 is 0 Å². The monoisotopic (exact) mass is 350 g/mol. The first-order chi connectivity index (χ1) is 4.50. The number of rotatable bonds is 0. The summed E-state index contributed by atoms with van der Waals surface area (Å²) >= 11 is 4.30. The quantitative estimate of drug-likeness (QED) is 0.463. The standard InChI is InChI=1S/C5H6.2CH3I/c1-2-4-5-3-1;2*1-2/h1-4H,5H2;2*1H3. The minimum Gasteiger partial charge on any atom is -0.0901 e. The van der Waals surface area contributed by atoms with Crippen molar-refractivity contribution in [3.05, 3.63) is 24.3 Å². The van der Waals surface area contributed by atoms with Crippen molar-refractivity contribution in [1.82, 2.24) is 0 Å². The molecule has 54 valence electrons. The fourth-order valence-corrected chi connectivity index (χ4v) is 0.393. The van der Waals surface area contributed by atoms with Gasteiger partial charge in [0, 0.05) is 0 Å². The SMILES string of the molecule is C1=CCC=C1.CI.CI. The molecule has 1 aliphatic carbocycles. The molecular weight excluding hydrogens is 338 g/mol. The third kappa shape index (κ3) is 12.2. The Bertz CT molecular complexity index is 65.0. The predicted octanol–water partition coefficient (Wildman–Crippen LogP) is 3.60. The third-order valence-electron chi connectivity index (χ3n) is 0.655. The van der Waals surface area contributed by atoms with Gasteiger partial charge in [-0.3, -0.25) is 0 Å². The lowest BCUT2D eigenvalue weighted by Gasteiger charge is -1.57. The average molecular weight is 350 g/mol. The first-order valence-electron chi connectivity index (χ1n) is 2.57. The minimum atomic E-state index is 1.14. The molecule has 0 aliphatic heterocycles. The van der Waals surface area contributed by atoms with E-state index in [1.54, 1.807) is 0 Å². The summed E-state index contributed by atoms with van der Waals surface area (Å²) < 4.78 is 0. The van der Waals surface area contributed by atoms with E-state index in [0.29, 0.717) is 0 Å². The van der Waals surface area contributed by atoms with Crippen LogP contribution < -0.4 is 0 Å². The van der Waals surface area contributed by atoms with E-state index in [-0.39, 0.29) is 0 Å². The third-order valence-corrected chi connectivity index (χ3v) is 0.655. The Morgan fingerprint density at radius 3 is 1.33 bits per heavy atom. The Hall–Kier alpha value is 0.940. The summed E-state index contributed by atoms with van der Waals surface area (Å²) in [6.45, 7) is 0. The van der Waals surface area contributed by atoms with Gasteiger partial charge in [0.1, 0.15) is 0 Å². The van der Waals surface area contributed by atoms with Crippen LogP contribution in [0.5, 0.6) is 0 Å². The molecule has 0 spiro atoms. The molecule has 0 radical (unpaired) electrons. The van der Waals surface area contributed by atoms with Gasteiger partial charge in [-0.25, -0.2) is 0 Å². The molecular formula is C7H12I2. The minimum absolute atomic E-state index is 1.14. The van der Waals surface area contributed by atoms with Crippen LogP contribution in [0.25, 0.3) is 0 Å². The van der Waals surface area contributed by atoms with Gasteiger partial charge in [0.05, 0.1) is 0 Å². The predicted molar refractivity (Wildman–Crippen MR) is 62.8 cm³/mol. The number of halogens is 2. The van der Waals surface area contributed by atoms with Crippen LogP contribution in [0.15, 0.2) is 24.3 Å². The molecule has 0 aromatic heterocycles. The van der Waals surface area contributed by atoms with Crippen molar-refractivity contribution in [3.63, 3.8) is 0 Å². The molecule has 0 unspecified atom stereocenters. The highest BCUT2D eigenvalue weighted by Gasteiger charge is 1.72. The highest BCUT2D eigenvalue weighted by atomic mass is 127. The lowest BCUT2D eigenvalue weighted by Crippen LogP contribution is -1.37. The smallest absolute Gasteiger partial charge is 0.0121 e. The molecule has 0 atom stereocenters. The molecule has 2 heteroatoms. The van der Waals surface area contributed by atoms with Crippen LogP contribution in [-0.2, 0) is 0 Å². The maximum atomic E-state index is 2.15. The van der Waals surface area contributed by atoms with Crippen molar-refractivity contribution < 1.29 is 0 Å². The van der Waals surface area contributed by atoms with Gasteiger partial charge in [0.2, 0.25) is 0 Å². The summed E-state index contributed by atoms with van der Waals surface area (Å²) in [4.78, 5) is 3.94. The zero-order valence-corrected chi connectivity index (χ0v) is 10.1. The molecule has 1 aliphatic rings. The fraction of sp³-hybridized carbons (Fsp3) is 0.429. The van der Waals surface area contributed by atoms with Crippen molar-refractivity contribution in [2.24, 2.45) is 0 Å². The van der Waals surface area contributed by atoms with Crippen LogP contribution >= 0.6 is 45.2 Å². The molecule has 9 heavy (non-hydrogen) atoms. The largest absolute Gasteiger partial charge is 0.0901 e. The van der Waals surface area contributed by atoms with Gasteiger partial charge in [0.25, 0.3) is 0 Å². The van der Waals surface area contributed by atoms with E-state index >= 15 is 0 Å². The van der Waals surface area contributed by atoms with Gasteiger partial charge in [0.15, 0.2) is 0 Å². The molecule has 0 amide bonds. The van der Waals surface area contributed by atoms with Gasteiger partial charge < -0.3 is 0 Å². The van der Waals surface area contributed by atoms with Crippen molar-refractivity contribution in [2.45, 2.75) is 6.42 Å². The summed E-state index contributed by atoms with van der Waals surface area (Å²) in [7, 11) is 0. The Morgan fingerprint density at radius 2 is 1.22 bits per heavy atom. The van der Waals surface area contributed by atoms with Crippen LogP contribution in [0.1, 0.15) is 6.42 Å². The molecule has 0 aromatic rings. The molecule has 0 aromatic carbocycles. The second kappa shape index (κ2) is 16.0. The first-order valence-corrected chi connectivity index (χ1v) is 6.89. The van der Waals surface area contributed by atoms with Crippen LogP contribution in [0.3, 0.4) is 0 Å². The summed E-state index contributed by atoms with van der Waals surface area (Å²) in [5.41, 5.74) is 0. The molecule has 0 N–H and O–H groups in total. The number of alkyl halides is 2. The number of hydrogen-bond acceptors (Lipinski definition) is 0. The van der Waals surface area contributed by atoms with Gasteiger partial charge in [-0.15, -0.1) is 0 Å². The number of hydrogen-bond donors (Lipinski definition) is 0. The van der Waals surface area contributed by atoms with Gasteiger partial charge in [-0.05, 0) is 16.3 Å². The maximum absolute atomic E-state index is 2.15. The van der Waals surface area contributed by atoms with Crippen LogP contribution in [0.2, 0.25) is 0 Å². The maximum Gasteiger partial charge on any atom is -0.0121 e. The zero-order valence-electron chi connectivity index (χ0n) is 5.77. The van der Waals surface area contributed by atoms with E-state index in [1.807, 2.05) is 9.86 Å². The van der Waals surface area contributed by atoms with E-state index in [4.69, 9.17) is 0 Å². The normalized spacial score (nSPS) is 11.1. The van der Waals surface area contributed by atoms with Crippen LogP contribution in [0.4, 0.5) is 0 Å². The fourth-order valence-electron chi connectivity index (χ4n) is 0.393. The Labute approximate surface area is 85.1 Å². The van der Waals surface area contributed by atoms with E-state index in [0.717, 1.165) is 6.42 Å². The average Bonchev–Trinajstić information content (AvgIpc) is 2.51. The van der Waals surface area contributed by atoms with Gasteiger partial charge in [-0.1, -0.05) is 69.5 Å². The van der Waals surface area contributed by atoms with Gasteiger partial charge >= 0.3 is 0 Å². The lowest BCUT2D eigenvalue weighted by molar-refractivity contribution is 1.45. The van der Waals surface area contributed by atoms with E-state index in [2.05, 4.69) is 69.5 Å². The topological polar surface area (TPSA) is 0 Å². The Kier molecular flexibility index (Phi) is 22.4. The second-order valence-corrected chi connectivity index (χ2v) is 1.09. The lowest BCUT2D eigenvalue weighted by atomic mass is 10.5. The zero-order chi connectivity index (χ0) is 7.54. The highest BCUT2D eigenvalue weighted by molar-refractivity contribution is 14.1. The summed E-state index contributed by atoms with van der Waals surface area (Å²) in [6, 6.07) is 0. The van der Waals surface area contributed by atoms with Crippen LogP contribution in [-0.4, -0.2) is 9.86 Å². The second-order valence-electron chi connectivity index (χ2n) is 1.09. The van der Waals surface area contributed by atoms with Crippen LogP contribution in [0, 0.1) is 0 Å². The molecule has 0 saturated heterocycles. The first kappa shape index (κ1) is 12.6. The molecule has 0 nitrogen and oxygen atoms in total. The Balaban J connectivity index is 0. The van der Waals surface area contributed by atoms with Crippen molar-refractivity contribution >= 4 is 45.2 Å². The molecule has 0 heterocycles. The van der Waals surface area contributed by atoms with E-state index in [9.17, 15) is 0 Å². The summed E-state index contributed by atoms with van der Waals surface area (Å²) in [5, 5.41) is 0. The number of allylic oxidation sites excluding steroid dienone is 4.